The number of halogens is 1. The number of primary amides is 1. The number of benzene rings is 1. The lowest BCUT2D eigenvalue weighted by Crippen LogP contribution is -2.43. The molecule has 1 aromatic carbocycles. The number of nitrogens with two attached hydrogens (primary N) is 2. The maximum absolute atomic E-state index is 13.3. The smallest absolute Gasteiger partial charge is 0.254 e. The molecule has 6 heteroatoms. The van der Waals surface area contributed by atoms with E-state index in [0.717, 1.165) is 12.5 Å². The Balaban J connectivity index is 2.25. The maximum atomic E-state index is 13.3. The van der Waals surface area contributed by atoms with Gasteiger partial charge in [0.05, 0.1) is 5.69 Å². The molecule has 0 bridgehead atoms. The Hall–Kier alpha value is -2.11. The highest BCUT2D eigenvalue weighted by atomic mass is 19.1. The normalized spacial score (nSPS) is 18.9. The van der Waals surface area contributed by atoms with E-state index in [4.69, 9.17) is 11.5 Å². The van der Waals surface area contributed by atoms with Crippen LogP contribution in [0, 0.1) is 5.82 Å². The van der Waals surface area contributed by atoms with Crippen molar-refractivity contribution in [2.45, 2.75) is 18.9 Å². The molecule has 18 heavy (non-hydrogen) atoms. The van der Waals surface area contributed by atoms with E-state index in [0.29, 0.717) is 13.0 Å². The van der Waals surface area contributed by atoms with Crippen LogP contribution in [0.4, 0.5) is 10.1 Å². The number of hydrogen-bond donors (Lipinski definition) is 2. The largest absolute Gasteiger partial charge is 0.396 e. The Bertz CT molecular complexity index is 504. The molecule has 2 amide bonds. The number of anilines is 1. The van der Waals surface area contributed by atoms with Gasteiger partial charge in [-0.2, -0.15) is 0 Å². The SMILES string of the molecule is NC(=O)C1CCCN1C(=O)c1ccc(N)c(F)c1. The molecule has 0 aromatic heterocycles. The number of rotatable bonds is 2. The average Bonchev–Trinajstić information content (AvgIpc) is 2.81. The Morgan fingerprint density at radius 3 is 2.72 bits per heavy atom. The first-order valence-corrected chi connectivity index (χ1v) is 5.66. The van der Waals surface area contributed by atoms with Gasteiger partial charge in [0, 0.05) is 12.1 Å². The minimum absolute atomic E-state index is 0.0144. The number of nitrogens with zero attached hydrogens (tertiary/aromatic N) is 1. The minimum atomic E-state index is -0.643. The average molecular weight is 251 g/mol. The van der Waals surface area contributed by atoms with Gasteiger partial charge in [0.1, 0.15) is 11.9 Å². The Kier molecular flexibility index (Phi) is 3.18. The van der Waals surface area contributed by atoms with Crippen LogP contribution in [-0.4, -0.2) is 29.3 Å². The van der Waals surface area contributed by atoms with Crippen molar-refractivity contribution in [3.8, 4) is 0 Å². The van der Waals surface area contributed by atoms with E-state index in [1.54, 1.807) is 0 Å². The van der Waals surface area contributed by atoms with Crippen LogP contribution in [0.1, 0.15) is 23.2 Å². The summed E-state index contributed by atoms with van der Waals surface area (Å²) in [5, 5.41) is 0. The van der Waals surface area contributed by atoms with Crippen molar-refractivity contribution in [3.05, 3.63) is 29.6 Å². The lowest BCUT2D eigenvalue weighted by molar-refractivity contribution is -0.121. The molecule has 1 heterocycles. The highest BCUT2D eigenvalue weighted by Gasteiger charge is 2.33. The van der Waals surface area contributed by atoms with Crippen LogP contribution < -0.4 is 11.5 Å². The van der Waals surface area contributed by atoms with Crippen molar-refractivity contribution in [3.63, 3.8) is 0 Å². The number of carbonyl (C=O) groups is 2. The van der Waals surface area contributed by atoms with Crippen LogP contribution in [0.5, 0.6) is 0 Å². The van der Waals surface area contributed by atoms with E-state index >= 15 is 0 Å². The Morgan fingerprint density at radius 2 is 2.11 bits per heavy atom. The second-order valence-corrected chi connectivity index (χ2v) is 4.30. The molecule has 0 spiro atoms. The fraction of sp³-hybridized carbons (Fsp3) is 0.333. The molecule has 0 aliphatic carbocycles. The first kappa shape index (κ1) is 12.3. The van der Waals surface area contributed by atoms with Crippen LogP contribution in [0.25, 0.3) is 0 Å². The molecule has 1 saturated heterocycles. The zero-order chi connectivity index (χ0) is 13.3. The van der Waals surface area contributed by atoms with Crippen LogP contribution in [0.2, 0.25) is 0 Å². The molecule has 1 fully saturated rings. The number of nitrogen functional groups attached to an aromatic ring is 1. The molecular weight excluding hydrogens is 237 g/mol. The molecule has 0 radical (unpaired) electrons. The van der Waals surface area contributed by atoms with Crippen molar-refractivity contribution >= 4 is 17.5 Å². The molecule has 2 rings (SSSR count). The highest BCUT2D eigenvalue weighted by molar-refractivity contribution is 5.97. The van der Waals surface area contributed by atoms with Gasteiger partial charge in [-0.25, -0.2) is 4.39 Å². The molecule has 5 nitrogen and oxygen atoms in total. The van der Waals surface area contributed by atoms with Crippen molar-refractivity contribution < 1.29 is 14.0 Å². The van der Waals surface area contributed by atoms with Gasteiger partial charge in [-0.3, -0.25) is 9.59 Å². The molecule has 4 N–H and O–H groups in total. The summed E-state index contributed by atoms with van der Waals surface area (Å²) in [4.78, 5) is 24.7. The number of carbonyl (C=O) groups excluding carboxylic acids is 2. The van der Waals surface area contributed by atoms with E-state index in [2.05, 4.69) is 0 Å². The van der Waals surface area contributed by atoms with Gasteiger partial charge in [0.25, 0.3) is 5.91 Å². The van der Waals surface area contributed by atoms with Gasteiger partial charge >= 0.3 is 0 Å². The third-order valence-corrected chi connectivity index (χ3v) is 3.09. The summed E-state index contributed by atoms with van der Waals surface area (Å²) < 4.78 is 13.3. The van der Waals surface area contributed by atoms with Gasteiger partial charge < -0.3 is 16.4 Å². The van der Waals surface area contributed by atoms with E-state index in [1.807, 2.05) is 0 Å². The fourth-order valence-corrected chi connectivity index (χ4v) is 2.13. The standard InChI is InChI=1S/C12H14FN3O2/c13-8-6-7(3-4-9(8)14)12(18)16-5-1-2-10(16)11(15)17/h3-4,6,10H,1-2,5,14H2,(H2,15,17). The predicted molar refractivity (Wildman–Crippen MR) is 64.1 cm³/mol. The lowest BCUT2D eigenvalue weighted by Gasteiger charge is -2.22. The number of amides is 2. The van der Waals surface area contributed by atoms with Crippen LogP contribution in [0.15, 0.2) is 18.2 Å². The van der Waals surface area contributed by atoms with Gasteiger partial charge in [-0.15, -0.1) is 0 Å². The highest BCUT2D eigenvalue weighted by Crippen LogP contribution is 2.21. The van der Waals surface area contributed by atoms with Crippen LogP contribution in [-0.2, 0) is 4.79 Å². The van der Waals surface area contributed by atoms with Crippen LogP contribution in [0.3, 0.4) is 0 Å². The third-order valence-electron chi connectivity index (χ3n) is 3.09. The summed E-state index contributed by atoms with van der Waals surface area (Å²) in [6.45, 7) is 0.457. The summed E-state index contributed by atoms with van der Waals surface area (Å²) in [5.41, 5.74) is 10.7. The van der Waals surface area contributed by atoms with Crippen molar-refractivity contribution in [2.24, 2.45) is 5.73 Å². The number of hydrogen-bond acceptors (Lipinski definition) is 3. The Morgan fingerprint density at radius 1 is 1.39 bits per heavy atom. The summed E-state index contributed by atoms with van der Waals surface area (Å²) in [7, 11) is 0. The van der Waals surface area contributed by atoms with Crippen LogP contribution >= 0.6 is 0 Å². The zero-order valence-electron chi connectivity index (χ0n) is 9.73. The maximum Gasteiger partial charge on any atom is 0.254 e. The van der Waals surface area contributed by atoms with Gasteiger partial charge in [-0.05, 0) is 31.0 Å². The van der Waals surface area contributed by atoms with E-state index in [-0.39, 0.29) is 11.3 Å². The second kappa shape index (κ2) is 4.64. The first-order chi connectivity index (χ1) is 8.50. The molecular formula is C12H14FN3O2. The molecule has 1 atom stereocenters. The second-order valence-electron chi connectivity index (χ2n) is 4.30. The molecule has 96 valence electrons. The monoisotopic (exact) mass is 251 g/mol. The van der Waals surface area contributed by atoms with E-state index in [1.165, 1.54) is 17.0 Å². The third kappa shape index (κ3) is 2.13. The van der Waals surface area contributed by atoms with Crippen molar-refractivity contribution in [1.82, 2.24) is 4.90 Å². The molecule has 1 aliphatic heterocycles. The molecule has 1 aromatic rings. The molecule has 1 unspecified atom stereocenters. The van der Waals surface area contributed by atoms with Gasteiger partial charge in [-0.1, -0.05) is 0 Å². The molecule has 1 aliphatic rings. The Labute approximate surface area is 104 Å². The minimum Gasteiger partial charge on any atom is -0.396 e. The van der Waals surface area contributed by atoms with Crippen molar-refractivity contribution in [1.29, 1.82) is 0 Å². The zero-order valence-corrected chi connectivity index (χ0v) is 9.73. The summed E-state index contributed by atoms with van der Waals surface area (Å²) >= 11 is 0. The first-order valence-electron chi connectivity index (χ1n) is 5.66. The lowest BCUT2D eigenvalue weighted by atomic mass is 10.1. The number of likely N-dealkylation sites (tertiary alicyclic amines) is 1. The van der Waals surface area contributed by atoms with E-state index < -0.39 is 23.7 Å². The van der Waals surface area contributed by atoms with Gasteiger partial charge in [0.15, 0.2) is 0 Å². The quantitative estimate of drug-likeness (QED) is 0.750. The summed E-state index contributed by atoms with van der Waals surface area (Å²) in [5.74, 6) is -1.57. The van der Waals surface area contributed by atoms with Crippen molar-refractivity contribution in [2.75, 3.05) is 12.3 Å². The van der Waals surface area contributed by atoms with Gasteiger partial charge in [0.2, 0.25) is 5.91 Å². The fourth-order valence-electron chi connectivity index (χ4n) is 2.13. The topological polar surface area (TPSA) is 89.4 Å². The molecule has 0 saturated carbocycles. The predicted octanol–water partition coefficient (Wildman–Crippen LogP) is 0.498. The van der Waals surface area contributed by atoms with E-state index in [9.17, 15) is 14.0 Å². The summed E-state index contributed by atoms with van der Waals surface area (Å²) in [6, 6.07) is 3.25. The summed E-state index contributed by atoms with van der Waals surface area (Å²) in [6.07, 6.45) is 1.27.